The van der Waals surface area contributed by atoms with Gasteiger partial charge in [-0.2, -0.15) is 0 Å². The fraction of sp³-hybridized carbons (Fsp3) is 0.208. The van der Waals surface area contributed by atoms with Gasteiger partial charge in [0.2, 0.25) is 0 Å². The van der Waals surface area contributed by atoms with Gasteiger partial charge in [0.1, 0.15) is 0 Å². The van der Waals surface area contributed by atoms with E-state index in [-0.39, 0.29) is 12.1 Å². The minimum absolute atomic E-state index is 0.225. The summed E-state index contributed by atoms with van der Waals surface area (Å²) in [4.78, 5) is 17.1. The number of halogens is 1. The van der Waals surface area contributed by atoms with Gasteiger partial charge >= 0.3 is 6.03 Å². The zero-order valence-corrected chi connectivity index (χ0v) is 18.6. The lowest BCUT2D eigenvalue weighted by atomic mass is 9.93. The van der Waals surface area contributed by atoms with Gasteiger partial charge in [-0.3, -0.25) is 4.90 Å². The molecule has 0 fully saturated rings. The van der Waals surface area contributed by atoms with Crippen molar-refractivity contribution in [3.8, 4) is 11.5 Å². The molecule has 0 saturated heterocycles. The van der Waals surface area contributed by atoms with Gasteiger partial charge in [0.05, 0.1) is 25.9 Å². The first-order chi connectivity index (χ1) is 14.9. The van der Waals surface area contributed by atoms with Crippen molar-refractivity contribution in [2.75, 3.05) is 43.4 Å². The van der Waals surface area contributed by atoms with Crippen LogP contribution in [0, 0.1) is 0 Å². The molecule has 1 atom stereocenters. The smallest absolute Gasteiger partial charge is 0.327 e. The van der Waals surface area contributed by atoms with Crippen LogP contribution in [0.5, 0.6) is 11.5 Å². The average molecular weight is 438 g/mol. The van der Waals surface area contributed by atoms with Crippen LogP contribution in [-0.4, -0.2) is 34.3 Å². The molecule has 7 heteroatoms. The second kappa shape index (κ2) is 8.40. The number of nitrogens with one attached hydrogen (secondary N) is 1. The summed E-state index contributed by atoms with van der Waals surface area (Å²) >= 11 is 6.13. The number of carbonyl (C=O) groups excluding carboxylic acids is 1. The van der Waals surface area contributed by atoms with E-state index in [1.165, 1.54) is 0 Å². The number of hydrogen-bond acceptors (Lipinski definition) is 4. The Kier molecular flexibility index (Phi) is 5.65. The molecule has 6 nitrogen and oxygen atoms in total. The second-order valence-corrected chi connectivity index (χ2v) is 7.90. The van der Waals surface area contributed by atoms with Crippen LogP contribution in [-0.2, 0) is 0 Å². The Bertz CT molecular complexity index is 1100. The first-order valence-electron chi connectivity index (χ1n) is 9.82. The molecule has 0 spiro atoms. The topological polar surface area (TPSA) is 54.0 Å². The fourth-order valence-electron chi connectivity index (χ4n) is 3.81. The third-order valence-corrected chi connectivity index (χ3v) is 5.65. The van der Waals surface area contributed by atoms with Gasteiger partial charge in [-0.25, -0.2) is 4.79 Å². The molecule has 0 aliphatic carbocycles. The van der Waals surface area contributed by atoms with E-state index in [1.54, 1.807) is 25.2 Å². The summed E-state index contributed by atoms with van der Waals surface area (Å²) in [6.07, 6.45) is 0. The van der Waals surface area contributed by atoms with Crippen LogP contribution < -0.4 is 24.6 Å². The Labute approximate surface area is 186 Å². The third-order valence-electron chi connectivity index (χ3n) is 5.40. The summed E-state index contributed by atoms with van der Waals surface area (Å²) in [6.45, 7) is 0. The normalized spacial score (nSPS) is 15.2. The zero-order chi connectivity index (χ0) is 22.1. The molecule has 3 aromatic carbocycles. The Morgan fingerprint density at radius 3 is 2.13 bits per heavy atom. The molecule has 0 saturated carbocycles. The number of urea groups is 1. The van der Waals surface area contributed by atoms with Gasteiger partial charge in [0.25, 0.3) is 0 Å². The zero-order valence-electron chi connectivity index (χ0n) is 17.8. The van der Waals surface area contributed by atoms with Gasteiger partial charge in [0.15, 0.2) is 11.5 Å². The molecule has 160 valence electrons. The lowest BCUT2D eigenvalue weighted by molar-refractivity contribution is 0.254. The van der Waals surface area contributed by atoms with Crippen LogP contribution in [0.1, 0.15) is 17.2 Å². The predicted molar refractivity (Wildman–Crippen MR) is 125 cm³/mol. The Morgan fingerprint density at radius 1 is 0.935 bits per heavy atom. The highest BCUT2D eigenvalue weighted by molar-refractivity contribution is 6.30. The van der Waals surface area contributed by atoms with Gasteiger partial charge in [-0.1, -0.05) is 23.7 Å². The molecule has 1 aliphatic heterocycles. The third kappa shape index (κ3) is 3.86. The lowest BCUT2D eigenvalue weighted by Gasteiger charge is -2.38. The van der Waals surface area contributed by atoms with Gasteiger partial charge in [-0.05, 0) is 48.0 Å². The van der Waals surface area contributed by atoms with Gasteiger partial charge in [0, 0.05) is 42.1 Å². The minimum Gasteiger partial charge on any atom is -0.493 e. The first kappa shape index (κ1) is 20.9. The minimum atomic E-state index is -0.369. The van der Waals surface area contributed by atoms with Gasteiger partial charge < -0.3 is 19.7 Å². The highest BCUT2D eigenvalue weighted by atomic mass is 35.5. The number of benzene rings is 3. The molecule has 1 N–H and O–H groups in total. The van der Waals surface area contributed by atoms with Gasteiger partial charge in [-0.15, -0.1) is 0 Å². The van der Waals surface area contributed by atoms with E-state index in [2.05, 4.69) is 5.32 Å². The SMILES string of the molecule is COc1cc2c(cc1OC)C(c1ccc(Cl)cc1)N(c1ccc(N(C)C)cc1)C(=O)N2. The number of amides is 2. The lowest BCUT2D eigenvalue weighted by Crippen LogP contribution is -2.43. The summed E-state index contributed by atoms with van der Waals surface area (Å²) in [5, 5.41) is 3.64. The van der Waals surface area contributed by atoms with E-state index < -0.39 is 0 Å². The van der Waals surface area contributed by atoms with E-state index in [0.717, 1.165) is 22.5 Å². The summed E-state index contributed by atoms with van der Waals surface area (Å²) < 4.78 is 11.0. The average Bonchev–Trinajstić information content (AvgIpc) is 2.78. The number of hydrogen-bond donors (Lipinski definition) is 1. The molecular weight excluding hydrogens is 414 g/mol. The second-order valence-electron chi connectivity index (χ2n) is 7.46. The molecule has 0 aromatic heterocycles. The van der Waals surface area contributed by atoms with Crippen molar-refractivity contribution in [2.45, 2.75) is 6.04 Å². The van der Waals surface area contributed by atoms with Crippen LogP contribution in [0.2, 0.25) is 5.02 Å². The van der Waals surface area contributed by atoms with Crippen molar-refractivity contribution in [1.82, 2.24) is 0 Å². The molecule has 4 rings (SSSR count). The van der Waals surface area contributed by atoms with E-state index >= 15 is 0 Å². The summed E-state index contributed by atoms with van der Waals surface area (Å²) in [7, 11) is 7.13. The molecule has 3 aromatic rings. The molecule has 31 heavy (non-hydrogen) atoms. The molecule has 0 bridgehead atoms. The monoisotopic (exact) mass is 437 g/mol. The number of fused-ring (bicyclic) bond motifs is 1. The number of anilines is 3. The van der Waals surface area contributed by atoms with Crippen LogP contribution >= 0.6 is 11.6 Å². The van der Waals surface area contributed by atoms with Crippen molar-refractivity contribution < 1.29 is 14.3 Å². The van der Waals surface area contributed by atoms with Crippen molar-refractivity contribution in [3.05, 3.63) is 76.8 Å². The number of ether oxygens (including phenoxy) is 2. The molecule has 1 unspecified atom stereocenters. The quantitative estimate of drug-likeness (QED) is 0.567. The Hall–Kier alpha value is -3.38. The van der Waals surface area contributed by atoms with E-state index in [4.69, 9.17) is 21.1 Å². The molecular formula is C24H24ClN3O3. The van der Waals surface area contributed by atoms with Crippen molar-refractivity contribution in [2.24, 2.45) is 0 Å². The first-order valence-corrected chi connectivity index (χ1v) is 10.2. The highest BCUT2D eigenvalue weighted by Crippen LogP contribution is 2.45. The van der Waals surface area contributed by atoms with E-state index in [9.17, 15) is 4.79 Å². The van der Waals surface area contributed by atoms with Crippen LogP contribution in [0.25, 0.3) is 0 Å². The number of carbonyl (C=O) groups is 1. The highest BCUT2D eigenvalue weighted by Gasteiger charge is 2.36. The molecule has 0 radical (unpaired) electrons. The molecule has 2 amide bonds. The predicted octanol–water partition coefficient (Wildman–Crippen LogP) is 5.56. The van der Waals surface area contributed by atoms with Crippen molar-refractivity contribution in [1.29, 1.82) is 0 Å². The Balaban J connectivity index is 1.90. The van der Waals surface area contributed by atoms with Crippen LogP contribution in [0.4, 0.5) is 21.9 Å². The fourth-order valence-corrected chi connectivity index (χ4v) is 3.94. The molecule has 1 heterocycles. The van der Waals surface area contributed by atoms with Crippen molar-refractivity contribution >= 4 is 34.7 Å². The standard InChI is InChI=1S/C24H24ClN3O3/c1-27(2)17-9-11-18(12-10-17)28-23(15-5-7-16(25)8-6-15)19-13-21(30-3)22(31-4)14-20(19)26-24(28)29/h5-14,23H,1-4H3,(H,26,29). The van der Waals surface area contributed by atoms with E-state index in [1.807, 2.05) is 73.6 Å². The van der Waals surface area contributed by atoms with Crippen molar-refractivity contribution in [3.63, 3.8) is 0 Å². The van der Waals surface area contributed by atoms with Crippen LogP contribution in [0.15, 0.2) is 60.7 Å². The maximum atomic E-state index is 13.3. The number of nitrogens with zero attached hydrogens (tertiary/aromatic N) is 2. The summed E-state index contributed by atoms with van der Waals surface area (Å²) in [5.41, 5.74) is 4.35. The maximum absolute atomic E-state index is 13.3. The number of rotatable bonds is 5. The summed E-state index contributed by atoms with van der Waals surface area (Å²) in [5.74, 6) is 1.15. The van der Waals surface area contributed by atoms with Crippen LogP contribution in [0.3, 0.4) is 0 Å². The summed E-state index contributed by atoms with van der Waals surface area (Å²) in [6, 6.07) is 18.5. The molecule has 1 aliphatic rings. The van der Waals surface area contributed by atoms with E-state index in [0.29, 0.717) is 22.2 Å². The maximum Gasteiger partial charge on any atom is 0.327 e. The largest absolute Gasteiger partial charge is 0.493 e. The Morgan fingerprint density at radius 2 is 1.55 bits per heavy atom. The number of methoxy groups -OCH3 is 2.